The third kappa shape index (κ3) is 4.33. The highest BCUT2D eigenvalue weighted by molar-refractivity contribution is 6.62. The fourth-order valence-electron chi connectivity index (χ4n) is 1.94. The molecule has 21 heavy (non-hydrogen) atoms. The highest BCUT2D eigenvalue weighted by atomic mass is 35.5. The van der Waals surface area contributed by atoms with Gasteiger partial charge in [-0.1, -0.05) is 48.0 Å². The van der Waals surface area contributed by atoms with Crippen LogP contribution in [0.1, 0.15) is 15.9 Å². The van der Waals surface area contributed by atoms with Crippen molar-refractivity contribution in [3.8, 4) is 0 Å². The van der Waals surface area contributed by atoms with Gasteiger partial charge in [0.25, 0.3) is 5.91 Å². The predicted octanol–water partition coefficient (Wildman–Crippen LogP) is 0.992. The van der Waals surface area contributed by atoms with E-state index < -0.39 is 7.12 Å². The lowest BCUT2D eigenvalue weighted by molar-refractivity contribution is 0.0954. The molecule has 0 saturated carbocycles. The summed E-state index contributed by atoms with van der Waals surface area (Å²) in [7, 11) is -1.65. The third-order valence-electron chi connectivity index (χ3n) is 3.08. The molecule has 0 radical (unpaired) electrons. The minimum absolute atomic E-state index is 0.153. The van der Waals surface area contributed by atoms with Crippen LogP contribution >= 0.6 is 11.6 Å². The van der Waals surface area contributed by atoms with Crippen molar-refractivity contribution in [3.05, 3.63) is 64.7 Å². The molecule has 0 unspecified atom stereocenters. The second-order valence-electron chi connectivity index (χ2n) is 4.60. The number of carbonyl (C=O) groups excluding carboxylic acids is 1. The first-order valence-electron chi connectivity index (χ1n) is 6.55. The second kappa shape index (κ2) is 7.27. The van der Waals surface area contributed by atoms with Crippen LogP contribution in [0.2, 0.25) is 5.02 Å². The maximum atomic E-state index is 12.0. The van der Waals surface area contributed by atoms with Gasteiger partial charge in [-0.15, -0.1) is 0 Å². The number of halogens is 1. The maximum absolute atomic E-state index is 12.0. The van der Waals surface area contributed by atoms with Crippen LogP contribution in [0.5, 0.6) is 0 Å². The molecule has 6 heteroatoms. The molecule has 0 aromatic heterocycles. The third-order valence-corrected chi connectivity index (χ3v) is 3.41. The fraction of sp³-hybridized carbons (Fsp3) is 0.133. The van der Waals surface area contributed by atoms with Crippen molar-refractivity contribution >= 4 is 30.1 Å². The van der Waals surface area contributed by atoms with Crippen LogP contribution in [0.4, 0.5) is 0 Å². The Labute approximate surface area is 128 Å². The van der Waals surface area contributed by atoms with E-state index >= 15 is 0 Å². The molecule has 0 heterocycles. The van der Waals surface area contributed by atoms with E-state index in [0.717, 1.165) is 12.0 Å². The van der Waals surface area contributed by atoms with E-state index in [1.807, 2.05) is 30.3 Å². The van der Waals surface area contributed by atoms with Crippen molar-refractivity contribution in [1.29, 1.82) is 0 Å². The lowest BCUT2D eigenvalue weighted by Crippen LogP contribution is -2.32. The van der Waals surface area contributed by atoms with Gasteiger partial charge in [0, 0.05) is 22.6 Å². The van der Waals surface area contributed by atoms with Crippen LogP contribution in [-0.2, 0) is 6.42 Å². The summed E-state index contributed by atoms with van der Waals surface area (Å²) in [5, 5.41) is 21.1. The van der Waals surface area contributed by atoms with Crippen LogP contribution in [0, 0.1) is 0 Å². The average molecular weight is 304 g/mol. The Morgan fingerprint density at radius 3 is 2.48 bits per heavy atom. The van der Waals surface area contributed by atoms with Crippen molar-refractivity contribution in [3.63, 3.8) is 0 Å². The highest BCUT2D eigenvalue weighted by Gasteiger charge is 2.16. The van der Waals surface area contributed by atoms with Crippen LogP contribution < -0.4 is 10.8 Å². The quantitative estimate of drug-likeness (QED) is 0.722. The molecule has 0 fully saturated rings. The molecule has 0 bridgehead atoms. The van der Waals surface area contributed by atoms with Gasteiger partial charge in [-0.2, -0.15) is 0 Å². The second-order valence-corrected chi connectivity index (χ2v) is 5.01. The Hall–Kier alpha value is -1.82. The molecule has 2 rings (SSSR count). The topological polar surface area (TPSA) is 69.6 Å². The van der Waals surface area contributed by atoms with Crippen LogP contribution in [0.3, 0.4) is 0 Å². The Morgan fingerprint density at radius 1 is 1.14 bits per heavy atom. The molecule has 2 aromatic rings. The van der Waals surface area contributed by atoms with Crippen molar-refractivity contribution in [2.24, 2.45) is 0 Å². The van der Waals surface area contributed by atoms with E-state index in [0.29, 0.717) is 12.1 Å². The monoisotopic (exact) mass is 303 g/mol. The minimum atomic E-state index is -1.65. The number of nitrogens with one attached hydrogen (secondary N) is 1. The maximum Gasteiger partial charge on any atom is 0.489 e. The van der Waals surface area contributed by atoms with E-state index in [2.05, 4.69) is 5.32 Å². The molecule has 0 aliphatic carbocycles. The minimum Gasteiger partial charge on any atom is -0.423 e. The summed E-state index contributed by atoms with van der Waals surface area (Å²) in [6.07, 6.45) is 0.744. The molecule has 108 valence electrons. The van der Waals surface area contributed by atoms with Crippen LogP contribution in [0.25, 0.3) is 0 Å². The van der Waals surface area contributed by atoms with Gasteiger partial charge in [0.2, 0.25) is 0 Å². The summed E-state index contributed by atoms with van der Waals surface area (Å²) >= 11 is 5.90. The molecule has 0 spiro atoms. The Bertz CT molecular complexity index is 620. The van der Waals surface area contributed by atoms with Crippen molar-refractivity contribution in [2.45, 2.75) is 6.42 Å². The van der Waals surface area contributed by atoms with Crippen molar-refractivity contribution in [1.82, 2.24) is 5.32 Å². The molecule has 0 atom stereocenters. The van der Waals surface area contributed by atoms with Gasteiger partial charge in [0.15, 0.2) is 0 Å². The number of hydrogen-bond donors (Lipinski definition) is 3. The first kappa shape index (κ1) is 15.6. The van der Waals surface area contributed by atoms with Gasteiger partial charge in [-0.3, -0.25) is 4.79 Å². The lowest BCUT2D eigenvalue weighted by Gasteiger charge is -2.08. The van der Waals surface area contributed by atoms with E-state index in [1.54, 1.807) is 0 Å². The normalized spacial score (nSPS) is 10.2. The zero-order valence-electron chi connectivity index (χ0n) is 11.3. The molecular formula is C15H15BClNO3. The van der Waals surface area contributed by atoms with Crippen LogP contribution in [0.15, 0.2) is 48.5 Å². The molecule has 0 aliphatic rings. The summed E-state index contributed by atoms with van der Waals surface area (Å²) in [5.41, 5.74) is 1.71. The SMILES string of the molecule is O=C(NCCc1ccccc1)c1ccc(B(O)O)c(Cl)c1. The smallest absolute Gasteiger partial charge is 0.423 e. The van der Waals surface area contributed by atoms with E-state index in [-0.39, 0.29) is 16.4 Å². The zero-order valence-corrected chi connectivity index (χ0v) is 12.0. The van der Waals surface area contributed by atoms with E-state index in [4.69, 9.17) is 21.6 Å². The molecular weight excluding hydrogens is 288 g/mol. The number of benzene rings is 2. The predicted molar refractivity (Wildman–Crippen MR) is 83.8 cm³/mol. The highest BCUT2D eigenvalue weighted by Crippen LogP contribution is 2.09. The molecule has 0 saturated heterocycles. The Morgan fingerprint density at radius 2 is 1.86 bits per heavy atom. The molecule has 3 N–H and O–H groups in total. The zero-order chi connectivity index (χ0) is 15.2. The van der Waals surface area contributed by atoms with Gasteiger partial charge in [-0.05, 0) is 24.1 Å². The first-order valence-corrected chi connectivity index (χ1v) is 6.93. The Balaban J connectivity index is 1.93. The number of carbonyl (C=O) groups is 1. The van der Waals surface area contributed by atoms with Crippen LogP contribution in [-0.4, -0.2) is 29.6 Å². The van der Waals surface area contributed by atoms with E-state index in [1.165, 1.54) is 18.2 Å². The Kier molecular flexibility index (Phi) is 5.39. The van der Waals surface area contributed by atoms with Gasteiger partial charge >= 0.3 is 7.12 Å². The molecule has 2 aromatic carbocycles. The van der Waals surface area contributed by atoms with Gasteiger partial charge in [0.1, 0.15) is 0 Å². The number of rotatable bonds is 5. The fourth-order valence-corrected chi connectivity index (χ4v) is 2.22. The lowest BCUT2D eigenvalue weighted by atomic mass is 9.80. The summed E-state index contributed by atoms with van der Waals surface area (Å²) in [6.45, 7) is 0.519. The molecule has 1 amide bonds. The summed E-state index contributed by atoms with van der Waals surface area (Å²) in [6, 6.07) is 14.2. The van der Waals surface area contributed by atoms with Gasteiger partial charge in [0.05, 0.1) is 0 Å². The first-order chi connectivity index (χ1) is 10.1. The summed E-state index contributed by atoms with van der Waals surface area (Å²) in [5.74, 6) is -0.244. The summed E-state index contributed by atoms with van der Waals surface area (Å²) in [4.78, 5) is 12.0. The standard InChI is InChI=1S/C15H15BClNO3/c17-14-10-12(6-7-13(14)16(20)21)15(19)18-9-8-11-4-2-1-3-5-11/h1-7,10,20-21H,8-9H2,(H,18,19). The molecule has 4 nitrogen and oxygen atoms in total. The van der Waals surface area contributed by atoms with Crippen molar-refractivity contribution in [2.75, 3.05) is 6.54 Å². The summed E-state index contributed by atoms with van der Waals surface area (Å²) < 4.78 is 0. The van der Waals surface area contributed by atoms with E-state index in [9.17, 15) is 4.79 Å². The number of amides is 1. The molecule has 0 aliphatic heterocycles. The van der Waals surface area contributed by atoms with Gasteiger partial charge in [-0.25, -0.2) is 0 Å². The van der Waals surface area contributed by atoms with Gasteiger partial charge < -0.3 is 15.4 Å². The largest absolute Gasteiger partial charge is 0.489 e. The number of hydrogen-bond acceptors (Lipinski definition) is 3. The average Bonchev–Trinajstić information content (AvgIpc) is 2.47. The van der Waals surface area contributed by atoms with Crippen molar-refractivity contribution < 1.29 is 14.8 Å².